The van der Waals surface area contributed by atoms with Crippen LogP contribution in [0.2, 0.25) is 0 Å². The summed E-state index contributed by atoms with van der Waals surface area (Å²) < 4.78 is 25.8. The van der Waals surface area contributed by atoms with Gasteiger partial charge in [0.25, 0.3) is 0 Å². The maximum Gasteiger partial charge on any atom is 0.241 e. The molecule has 1 N–H and O–H groups in total. The van der Waals surface area contributed by atoms with E-state index >= 15 is 0 Å². The lowest BCUT2D eigenvalue weighted by molar-refractivity contribution is -0.133. The Bertz CT molecular complexity index is 451. The summed E-state index contributed by atoms with van der Waals surface area (Å²) in [5, 5.41) is 9.14. The normalized spacial score (nSPS) is 28.2. The third-order valence-corrected chi connectivity index (χ3v) is 6.24. The van der Waals surface area contributed by atoms with Gasteiger partial charge in [0.15, 0.2) is 0 Å². The van der Waals surface area contributed by atoms with Crippen molar-refractivity contribution in [1.29, 1.82) is 0 Å². The molecule has 0 spiro atoms. The lowest BCUT2D eigenvalue weighted by atomic mass is 10.1. The van der Waals surface area contributed by atoms with Crippen molar-refractivity contribution in [2.24, 2.45) is 5.92 Å². The number of hydrogen-bond acceptors (Lipinski definition) is 4. The fourth-order valence-corrected chi connectivity index (χ4v) is 4.83. The molecule has 2 unspecified atom stereocenters. The van der Waals surface area contributed by atoms with Gasteiger partial charge in [-0.3, -0.25) is 4.79 Å². The Morgan fingerprint density at radius 3 is 2.65 bits per heavy atom. The Morgan fingerprint density at radius 1 is 1.30 bits per heavy atom. The zero-order chi connectivity index (χ0) is 14.8. The molecule has 0 aromatic heterocycles. The minimum Gasteiger partial charge on any atom is -0.396 e. The Hall–Kier alpha value is -0.660. The summed E-state index contributed by atoms with van der Waals surface area (Å²) in [6.45, 7) is 3.55. The number of hydrogen-bond donors (Lipinski definition) is 1. The average Bonchev–Trinajstić information content (AvgIpc) is 3.07. The Morgan fingerprint density at radius 2 is 2.05 bits per heavy atom. The molecule has 0 bridgehead atoms. The second-order valence-corrected chi connectivity index (χ2v) is 7.75. The van der Waals surface area contributed by atoms with Crippen molar-refractivity contribution in [2.75, 3.05) is 32.0 Å². The fraction of sp³-hybridized carbons (Fsp3) is 0.923. The minimum absolute atomic E-state index is 0.0851. The first kappa shape index (κ1) is 15.7. The average molecular weight is 304 g/mol. The van der Waals surface area contributed by atoms with E-state index in [1.807, 2.05) is 6.92 Å². The van der Waals surface area contributed by atoms with Gasteiger partial charge in [-0.15, -0.1) is 0 Å². The van der Waals surface area contributed by atoms with Crippen LogP contribution in [0.5, 0.6) is 0 Å². The largest absolute Gasteiger partial charge is 0.396 e. The van der Waals surface area contributed by atoms with Gasteiger partial charge in [0.05, 0.1) is 5.75 Å². The van der Waals surface area contributed by atoms with Gasteiger partial charge in [-0.05, 0) is 25.7 Å². The summed E-state index contributed by atoms with van der Waals surface area (Å²) in [7, 11) is -3.32. The van der Waals surface area contributed by atoms with Gasteiger partial charge >= 0.3 is 0 Å². The van der Waals surface area contributed by atoms with Gasteiger partial charge in [-0.25, -0.2) is 8.42 Å². The Balaban J connectivity index is 2.06. The van der Waals surface area contributed by atoms with Crippen molar-refractivity contribution >= 4 is 15.9 Å². The standard InChI is InChI=1S/C13H24N2O4S/c1-2-8-20(18,19)15-6-3-4-12(15)13(17)14-7-5-11(9-14)10-16/h11-12,16H,2-10H2,1H3. The first-order valence-electron chi connectivity index (χ1n) is 7.38. The van der Waals surface area contributed by atoms with Crippen molar-refractivity contribution in [1.82, 2.24) is 9.21 Å². The SMILES string of the molecule is CCCS(=O)(=O)N1CCCC1C(=O)N1CCC(CO)C1. The number of nitrogens with zero attached hydrogens (tertiary/aromatic N) is 2. The third-order valence-electron chi connectivity index (χ3n) is 4.16. The maximum absolute atomic E-state index is 12.5. The van der Waals surface area contributed by atoms with Crippen LogP contribution in [0.1, 0.15) is 32.6 Å². The van der Waals surface area contributed by atoms with E-state index in [2.05, 4.69) is 0 Å². The van der Waals surface area contributed by atoms with E-state index in [1.54, 1.807) is 4.90 Å². The highest BCUT2D eigenvalue weighted by Gasteiger charge is 2.41. The van der Waals surface area contributed by atoms with E-state index in [0.717, 1.165) is 12.8 Å². The van der Waals surface area contributed by atoms with Crippen molar-refractivity contribution < 1.29 is 18.3 Å². The fourth-order valence-electron chi connectivity index (χ4n) is 3.09. The molecule has 0 aromatic carbocycles. The molecule has 0 radical (unpaired) electrons. The number of carbonyl (C=O) groups is 1. The Labute approximate surface area is 120 Å². The maximum atomic E-state index is 12.5. The third kappa shape index (κ3) is 3.15. The second kappa shape index (κ2) is 6.41. The Kier molecular flexibility index (Phi) is 5.04. The molecule has 2 heterocycles. The van der Waals surface area contributed by atoms with Gasteiger partial charge in [-0.1, -0.05) is 6.92 Å². The zero-order valence-corrected chi connectivity index (χ0v) is 12.8. The molecule has 2 aliphatic rings. The summed E-state index contributed by atoms with van der Waals surface area (Å²) in [4.78, 5) is 14.2. The predicted molar refractivity (Wildman–Crippen MR) is 75.6 cm³/mol. The van der Waals surface area contributed by atoms with E-state index in [9.17, 15) is 13.2 Å². The molecule has 2 aliphatic heterocycles. The van der Waals surface area contributed by atoms with Crippen LogP contribution >= 0.6 is 0 Å². The molecule has 6 nitrogen and oxygen atoms in total. The van der Waals surface area contributed by atoms with Crippen LogP contribution in [0.25, 0.3) is 0 Å². The molecule has 7 heteroatoms. The first-order valence-corrected chi connectivity index (χ1v) is 8.99. The van der Waals surface area contributed by atoms with Crippen LogP contribution in [0, 0.1) is 5.92 Å². The van der Waals surface area contributed by atoms with E-state index in [-0.39, 0.29) is 24.2 Å². The lowest BCUT2D eigenvalue weighted by Gasteiger charge is -2.27. The second-order valence-electron chi connectivity index (χ2n) is 5.71. The predicted octanol–water partition coefficient (Wildman–Crippen LogP) is 0.0314. The molecule has 2 saturated heterocycles. The number of amides is 1. The van der Waals surface area contributed by atoms with Crippen molar-refractivity contribution in [2.45, 2.75) is 38.6 Å². The van der Waals surface area contributed by atoms with Crippen LogP contribution < -0.4 is 0 Å². The van der Waals surface area contributed by atoms with Gasteiger partial charge in [0.2, 0.25) is 15.9 Å². The topological polar surface area (TPSA) is 77.9 Å². The van der Waals surface area contributed by atoms with Gasteiger partial charge in [0, 0.05) is 32.2 Å². The van der Waals surface area contributed by atoms with Gasteiger partial charge < -0.3 is 10.0 Å². The van der Waals surface area contributed by atoms with E-state index in [4.69, 9.17) is 5.11 Å². The summed E-state index contributed by atoms with van der Waals surface area (Å²) in [5.41, 5.74) is 0. The van der Waals surface area contributed by atoms with Crippen molar-refractivity contribution in [3.05, 3.63) is 0 Å². The molecular formula is C13H24N2O4S. The zero-order valence-electron chi connectivity index (χ0n) is 12.0. The van der Waals surface area contributed by atoms with Crippen LogP contribution in [0.4, 0.5) is 0 Å². The number of aliphatic hydroxyl groups excluding tert-OH is 1. The van der Waals surface area contributed by atoms with Gasteiger partial charge in [-0.2, -0.15) is 4.31 Å². The molecule has 1 amide bonds. The summed E-state index contributed by atoms with van der Waals surface area (Å²) >= 11 is 0. The minimum atomic E-state index is -3.32. The van der Waals surface area contributed by atoms with E-state index in [0.29, 0.717) is 32.5 Å². The van der Waals surface area contributed by atoms with Gasteiger partial charge in [0.1, 0.15) is 6.04 Å². The molecule has 2 rings (SSSR count). The highest BCUT2D eigenvalue weighted by molar-refractivity contribution is 7.89. The number of carbonyl (C=O) groups excluding carboxylic acids is 1. The number of rotatable bonds is 5. The smallest absolute Gasteiger partial charge is 0.241 e. The molecule has 0 aliphatic carbocycles. The van der Waals surface area contributed by atoms with Crippen LogP contribution in [-0.4, -0.2) is 66.7 Å². The lowest BCUT2D eigenvalue weighted by Crippen LogP contribution is -2.47. The van der Waals surface area contributed by atoms with Crippen LogP contribution in [-0.2, 0) is 14.8 Å². The molecule has 2 atom stereocenters. The quantitative estimate of drug-likeness (QED) is 0.777. The summed E-state index contributed by atoms with van der Waals surface area (Å²) in [5.74, 6) is 0.162. The monoisotopic (exact) mass is 304 g/mol. The number of sulfonamides is 1. The molecule has 2 fully saturated rings. The highest BCUT2D eigenvalue weighted by atomic mass is 32.2. The van der Waals surface area contributed by atoms with E-state index in [1.165, 1.54) is 4.31 Å². The molecule has 0 aromatic rings. The molecule has 116 valence electrons. The van der Waals surface area contributed by atoms with Crippen LogP contribution in [0.3, 0.4) is 0 Å². The molecular weight excluding hydrogens is 280 g/mol. The van der Waals surface area contributed by atoms with Crippen molar-refractivity contribution in [3.8, 4) is 0 Å². The van der Waals surface area contributed by atoms with Crippen LogP contribution in [0.15, 0.2) is 0 Å². The first-order chi connectivity index (χ1) is 9.49. The molecule has 20 heavy (non-hydrogen) atoms. The van der Waals surface area contributed by atoms with E-state index < -0.39 is 16.1 Å². The highest BCUT2D eigenvalue weighted by Crippen LogP contribution is 2.26. The number of aliphatic hydroxyl groups is 1. The van der Waals surface area contributed by atoms with Crippen molar-refractivity contribution in [3.63, 3.8) is 0 Å². The molecule has 0 saturated carbocycles. The summed E-state index contributed by atoms with van der Waals surface area (Å²) in [6, 6.07) is -0.524. The number of likely N-dealkylation sites (tertiary alicyclic amines) is 1. The summed E-state index contributed by atoms with van der Waals surface area (Å²) in [6.07, 6.45) is 2.73.